The highest BCUT2D eigenvalue weighted by atomic mass is 31.0. The monoisotopic (exact) mass is 221 g/mol. The van der Waals surface area contributed by atoms with Gasteiger partial charge < -0.3 is 10.6 Å². The molecule has 1 atom stereocenters. The van der Waals surface area contributed by atoms with E-state index in [9.17, 15) is 0 Å². The minimum Gasteiger partial charge on any atom is -0.370 e. The molecule has 0 fully saturated rings. The summed E-state index contributed by atoms with van der Waals surface area (Å²) in [6.45, 7) is 1.82. The zero-order chi connectivity index (χ0) is 10.7. The Balaban J connectivity index is 2.21. The van der Waals surface area contributed by atoms with E-state index in [0.717, 1.165) is 31.4 Å². The molecule has 1 unspecified atom stereocenters. The van der Waals surface area contributed by atoms with Crippen LogP contribution < -0.4 is 10.6 Å². The molecule has 4 heteroatoms. The maximum atomic E-state index is 5.85. The minimum absolute atomic E-state index is 0.639. The Kier molecular flexibility index (Phi) is 3.22. The largest absolute Gasteiger partial charge is 0.370 e. The Labute approximate surface area is 92.6 Å². The molecule has 0 bridgehead atoms. The Hall–Kier alpha value is -1.08. The normalized spacial score (nSPS) is 16.3. The standard InChI is InChI=1S/C11H16N3P/c12-11-13-6-1-7-14(11)10-4-2-9(8-15)3-5-10/h2-5H,1,6-8,15H2,(H2,12,13). The lowest BCUT2D eigenvalue weighted by Gasteiger charge is -2.26. The predicted molar refractivity (Wildman–Crippen MR) is 68.3 cm³/mol. The van der Waals surface area contributed by atoms with Crippen LogP contribution in [0.3, 0.4) is 0 Å². The summed E-state index contributed by atoms with van der Waals surface area (Å²) in [7, 11) is 2.72. The third kappa shape index (κ3) is 2.29. The van der Waals surface area contributed by atoms with E-state index in [-0.39, 0.29) is 0 Å². The first-order chi connectivity index (χ1) is 7.31. The van der Waals surface area contributed by atoms with Crippen molar-refractivity contribution in [1.29, 1.82) is 0 Å². The number of hydrogen-bond donors (Lipinski definition) is 1. The second-order valence-corrected chi connectivity index (χ2v) is 4.02. The molecule has 2 N–H and O–H groups in total. The fourth-order valence-electron chi connectivity index (χ4n) is 1.70. The molecule has 1 heterocycles. The van der Waals surface area contributed by atoms with Gasteiger partial charge in [0.1, 0.15) is 0 Å². The lowest BCUT2D eigenvalue weighted by atomic mass is 10.2. The summed E-state index contributed by atoms with van der Waals surface area (Å²) in [5, 5.41) is 0. The van der Waals surface area contributed by atoms with Crippen LogP contribution in [0.2, 0.25) is 0 Å². The quantitative estimate of drug-likeness (QED) is 0.770. The summed E-state index contributed by atoms with van der Waals surface area (Å²) in [5.41, 5.74) is 8.31. The first-order valence-electron chi connectivity index (χ1n) is 5.18. The van der Waals surface area contributed by atoms with E-state index in [1.165, 1.54) is 5.56 Å². The maximum Gasteiger partial charge on any atom is 0.195 e. The number of anilines is 1. The van der Waals surface area contributed by atoms with Gasteiger partial charge in [0.2, 0.25) is 0 Å². The summed E-state index contributed by atoms with van der Waals surface area (Å²) in [4.78, 5) is 6.31. The second-order valence-electron chi connectivity index (χ2n) is 3.62. The topological polar surface area (TPSA) is 41.6 Å². The molecule has 0 saturated heterocycles. The zero-order valence-electron chi connectivity index (χ0n) is 8.69. The van der Waals surface area contributed by atoms with E-state index in [0.29, 0.717) is 5.96 Å². The van der Waals surface area contributed by atoms with Gasteiger partial charge in [0.15, 0.2) is 5.96 Å². The van der Waals surface area contributed by atoms with Gasteiger partial charge in [-0.1, -0.05) is 12.1 Å². The molecule has 1 aromatic rings. The van der Waals surface area contributed by atoms with Crippen LogP contribution in [-0.2, 0) is 6.16 Å². The van der Waals surface area contributed by atoms with Crippen LogP contribution in [0.25, 0.3) is 0 Å². The molecule has 0 spiro atoms. The summed E-state index contributed by atoms with van der Waals surface area (Å²) < 4.78 is 0. The van der Waals surface area contributed by atoms with Crippen LogP contribution in [-0.4, -0.2) is 19.0 Å². The molecule has 0 aromatic heterocycles. The molecular weight excluding hydrogens is 205 g/mol. The van der Waals surface area contributed by atoms with Gasteiger partial charge in [-0.15, -0.1) is 9.24 Å². The van der Waals surface area contributed by atoms with Gasteiger partial charge >= 0.3 is 0 Å². The average Bonchev–Trinajstić information content (AvgIpc) is 2.30. The number of guanidine groups is 1. The average molecular weight is 221 g/mol. The van der Waals surface area contributed by atoms with Crippen molar-refractivity contribution in [1.82, 2.24) is 0 Å². The van der Waals surface area contributed by atoms with E-state index in [4.69, 9.17) is 5.73 Å². The molecule has 1 aliphatic rings. The number of aliphatic imine (C=N–C) groups is 1. The van der Waals surface area contributed by atoms with Crippen molar-refractivity contribution in [3.63, 3.8) is 0 Å². The smallest absolute Gasteiger partial charge is 0.195 e. The molecule has 0 radical (unpaired) electrons. The Morgan fingerprint density at radius 3 is 2.67 bits per heavy atom. The first-order valence-corrected chi connectivity index (χ1v) is 5.99. The number of benzene rings is 1. The van der Waals surface area contributed by atoms with Crippen LogP contribution in [0.5, 0.6) is 0 Å². The summed E-state index contributed by atoms with van der Waals surface area (Å²) in [6, 6.07) is 8.47. The number of hydrogen-bond acceptors (Lipinski definition) is 3. The summed E-state index contributed by atoms with van der Waals surface area (Å²) in [5.74, 6) is 0.639. The van der Waals surface area contributed by atoms with Crippen molar-refractivity contribution in [3.8, 4) is 0 Å². The Morgan fingerprint density at radius 2 is 2.07 bits per heavy atom. The highest BCUT2D eigenvalue weighted by Gasteiger charge is 2.13. The highest BCUT2D eigenvalue weighted by Crippen LogP contribution is 2.18. The minimum atomic E-state index is 0.639. The lowest BCUT2D eigenvalue weighted by Crippen LogP contribution is -2.41. The van der Waals surface area contributed by atoms with Crippen molar-refractivity contribution in [2.45, 2.75) is 12.6 Å². The lowest BCUT2D eigenvalue weighted by molar-refractivity contribution is 0.784. The van der Waals surface area contributed by atoms with Crippen LogP contribution in [0.15, 0.2) is 29.3 Å². The van der Waals surface area contributed by atoms with Gasteiger partial charge in [0.25, 0.3) is 0 Å². The molecular formula is C11H16N3P. The van der Waals surface area contributed by atoms with Crippen molar-refractivity contribution < 1.29 is 0 Å². The van der Waals surface area contributed by atoms with Gasteiger partial charge in [-0.3, -0.25) is 4.99 Å². The molecule has 0 aliphatic carbocycles. The number of nitrogens with zero attached hydrogens (tertiary/aromatic N) is 2. The van der Waals surface area contributed by atoms with E-state index >= 15 is 0 Å². The van der Waals surface area contributed by atoms with Gasteiger partial charge in [0, 0.05) is 18.8 Å². The second kappa shape index (κ2) is 4.63. The molecule has 3 nitrogen and oxygen atoms in total. The van der Waals surface area contributed by atoms with Crippen molar-refractivity contribution in [3.05, 3.63) is 29.8 Å². The van der Waals surface area contributed by atoms with Crippen LogP contribution >= 0.6 is 9.24 Å². The predicted octanol–water partition coefficient (Wildman–Crippen LogP) is 1.59. The molecule has 0 amide bonds. The summed E-state index contributed by atoms with van der Waals surface area (Å²) >= 11 is 0. The van der Waals surface area contributed by atoms with Gasteiger partial charge in [0.05, 0.1) is 0 Å². The molecule has 1 aromatic carbocycles. The van der Waals surface area contributed by atoms with Crippen LogP contribution in [0.1, 0.15) is 12.0 Å². The van der Waals surface area contributed by atoms with Crippen molar-refractivity contribution >= 4 is 20.9 Å². The zero-order valence-corrected chi connectivity index (χ0v) is 9.84. The van der Waals surface area contributed by atoms with Gasteiger partial charge in [-0.2, -0.15) is 0 Å². The van der Waals surface area contributed by atoms with E-state index in [1.54, 1.807) is 0 Å². The van der Waals surface area contributed by atoms with E-state index in [1.807, 2.05) is 0 Å². The summed E-state index contributed by atoms with van der Waals surface area (Å²) in [6.07, 6.45) is 2.07. The SMILES string of the molecule is NC1=NCCCN1c1ccc(CP)cc1. The molecule has 0 saturated carbocycles. The number of nitrogens with two attached hydrogens (primary N) is 1. The van der Waals surface area contributed by atoms with Crippen molar-refractivity contribution in [2.75, 3.05) is 18.0 Å². The Bertz CT molecular complexity index is 359. The third-order valence-electron chi connectivity index (χ3n) is 2.57. The number of rotatable bonds is 2. The first kappa shape index (κ1) is 10.4. The van der Waals surface area contributed by atoms with Gasteiger partial charge in [-0.05, 0) is 30.3 Å². The highest BCUT2D eigenvalue weighted by molar-refractivity contribution is 7.15. The van der Waals surface area contributed by atoms with E-state index < -0.39 is 0 Å². The molecule has 1 aliphatic heterocycles. The third-order valence-corrected chi connectivity index (χ3v) is 3.05. The molecule has 15 heavy (non-hydrogen) atoms. The van der Waals surface area contributed by atoms with Gasteiger partial charge in [-0.25, -0.2) is 0 Å². The van der Waals surface area contributed by atoms with E-state index in [2.05, 4.69) is 43.4 Å². The maximum absolute atomic E-state index is 5.85. The fourth-order valence-corrected chi connectivity index (χ4v) is 1.97. The molecule has 80 valence electrons. The Morgan fingerprint density at radius 1 is 1.33 bits per heavy atom. The van der Waals surface area contributed by atoms with Crippen LogP contribution in [0, 0.1) is 0 Å². The van der Waals surface area contributed by atoms with Crippen LogP contribution in [0.4, 0.5) is 5.69 Å². The van der Waals surface area contributed by atoms with Crippen molar-refractivity contribution in [2.24, 2.45) is 10.7 Å². The molecule has 2 rings (SSSR count). The fraction of sp³-hybridized carbons (Fsp3) is 0.364.